The number of hydrogen-bond acceptors (Lipinski definition) is 5. The third kappa shape index (κ3) is 8.01. The van der Waals surface area contributed by atoms with E-state index in [1.807, 2.05) is 0 Å². The Morgan fingerprint density at radius 2 is 1.54 bits per heavy atom. The SMILES string of the molecule is Cc1nc(N)ccc1CNC(=O)[C@H](Cc1ccc(C(F)(F)F)cc1)NC(=O)[C@H](O)Cc1ccc(F)cc1. The lowest BCUT2D eigenvalue weighted by Gasteiger charge is -2.21. The van der Waals surface area contributed by atoms with Crippen LogP contribution in [0.25, 0.3) is 0 Å². The standard InChI is InChI=1S/C26H26F4N4O3/c1-15-18(6-11-23(31)33-15)14-32-24(36)21(12-16-2-7-19(8-3-16)26(28,29)30)34-25(37)22(35)13-17-4-9-20(27)10-5-17/h2-11,21-22,35H,12-14H2,1H3,(H2,31,33)(H,32,36)(H,34,37)/t21-,22+/m0/s1. The quantitative estimate of drug-likeness (QED) is 0.325. The summed E-state index contributed by atoms with van der Waals surface area (Å²) in [6.45, 7) is 1.78. The van der Waals surface area contributed by atoms with Gasteiger partial charge in [0.2, 0.25) is 11.8 Å². The van der Waals surface area contributed by atoms with E-state index in [1.54, 1.807) is 19.1 Å². The number of anilines is 1. The summed E-state index contributed by atoms with van der Waals surface area (Å²) in [5.41, 5.74) is 6.94. The molecule has 0 saturated carbocycles. The van der Waals surface area contributed by atoms with Crippen molar-refractivity contribution in [1.29, 1.82) is 0 Å². The van der Waals surface area contributed by atoms with Crippen molar-refractivity contribution < 1.29 is 32.3 Å². The molecule has 0 saturated heterocycles. The second kappa shape index (κ2) is 11.8. The first kappa shape index (κ1) is 27.6. The van der Waals surface area contributed by atoms with Gasteiger partial charge < -0.3 is 21.5 Å². The van der Waals surface area contributed by atoms with Crippen molar-refractivity contribution >= 4 is 17.6 Å². The molecule has 0 aliphatic rings. The van der Waals surface area contributed by atoms with Gasteiger partial charge in [-0.05, 0) is 53.9 Å². The van der Waals surface area contributed by atoms with Gasteiger partial charge in [0.05, 0.1) is 5.56 Å². The molecule has 3 aromatic rings. The van der Waals surface area contributed by atoms with E-state index in [0.717, 1.165) is 12.1 Å². The van der Waals surface area contributed by atoms with Gasteiger partial charge in [-0.1, -0.05) is 30.3 Å². The van der Waals surface area contributed by atoms with E-state index in [2.05, 4.69) is 15.6 Å². The first-order valence-corrected chi connectivity index (χ1v) is 11.3. The van der Waals surface area contributed by atoms with Crippen molar-refractivity contribution in [2.75, 3.05) is 5.73 Å². The lowest BCUT2D eigenvalue weighted by atomic mass is 10.0. The fourth-order valence-corrected chi connectivity index (χ4v) is 3.58. The Morgan fingerprint density at radius 1 is 0.946 bits per heavy atom. The molecule has 0 radical (unpaired) electrons. The van der Waals surface area contributed by atoms with Crippen molar-refractivity contribution in [2.45, 2.75) is 44.6 Å². The summed E-state index contributed by atoms with van der Waals surface area (Å²) in [5.74, 6) is -1.63. The van der Waals surface area contributed by atoms with Crippen molar-refractivity contribution in [3.8, 4) is 0 Å². The van der Waals surface area contributed by atoms with Crippen LogP contribution in [0.3, 0.4) is 0 Å². The Kier molecular flexibility index (Phi) is 8.82. The van der Waals surface area contributed by atoms with E-state index in [9.17, 15) is 32.3 Å². The zero-order valence-corrected chi connectivity index (χ0v) is 19.8. The third-order valence-electron chi connectivity index (χ3n) is 5.67. The summed E-state index contributed by atoms with van der Waals surface area (Å²) in [5, 5.41) is 15.5. The van der Waals surface area contributed by atoms with Gasteiger partial charge in [-0.25, -0.2) is 9.37 Å². The van der Waals surface area contributed by atoms with Gasteiger partial charge in [-0.15, -0.1) is 0 Å². The Balaban J connectivity index is 1.73. The number of pyridine rings is 1. The molecule has 1 heterocycles. The Labute approximate surface area is 210 Å². The van der Waals surface area contributed by atoms with Crippen LogP contribution >= 0.6 is 0 Å². The molecule has 5 N–H and O–H groups in total. The van der Waals surface area contributed by atoms with Crippen LogP contribution < -0.4 is 16.4 Å². The van der Waals surface area contributed by atoms with Crippen LogP contribution in [0.1, 0.15) is 27.9 Å². The summed E-state index contributed by atoms with van der Waals surface area (Å²) >= 11 is 0. The van der Waals surface area contributed by atoms with Gasteiger partial charge in [0.25, 0.3) is 0 Å². The summed E-state index contributed by atoms with van der Waals surface area (Å²) < 4.78 is 51.8. The number of alkyl halides is 3. The number of nitrogens with zero attached hydrogens (tertiary/aromatic N) is 1. The van der Waals surface area contributed by atoms with Gasteiger partial charge in [-0.2, -0.15) is 13.2 Å². The molecule has 2 amide bonds. The largest absolute Gasteiger partial charge is 0.416 e. The lowest BCUT2D eigenvalue weighted by molar-refractivity contribution is -0.137. The molecule has 196 valence electrons. The smallest absolute Gasteiger partial charge is 0.384 e. The summed E-state index contributed by atoms with van der Waals surface area (Å²) in [6, 6.07) is 11.5. The molecule has 2 aromatic carbocycles. The maximum Gasteiger partial charge on any atom is 0.416 e. The molecule has 7 nitrogen and oxygen atoms in total. The molecular weight excluding hydrogens is 492 g/mol. The van der Waals surface area contributed by atoms with Crippen LogP contribution in [-0.2, 0) is 35.2 Å². The Bertz CT molecular complexity index is 1230. The predicted molar refractivity (Wildman–Crippen MR) is 128 cm³/mol. The number of aryl methyl sites for hydroxylation is 1. The summed E-state index contributed by atoms with van der Waals surface area (Å²) in [7, 11) is 0. The highest BCUT2D eigenvalue weighted by atomic mass is 19.4. The molecule has 0 aliphatic carbocycles. The monoisotopic (exact) mass is 518 g/mol. The van der Waals surface area contributed by atoms with Crippen LogP contribution in [0.15, 0.2) is 60.7 Å². The minimum absolute atomic E-state index is 0.0649. The highest BCUT2D eigenvalue weighted by Crippen LogP contribution is 2.29. The van der Waals surface area contributed by atoms with Gasteiger partial charge in [0.15, 0.2) is 0 Å². The van der Waals surface area contributed by atoms with Crippen LogP contribution in [0.4, 0.5) is 23.4 Å². The van der Waals surface area contributed by atoms with E-state index >= 15 is 0 Å². The molecule has 0 fully saturated rings. The van der Waals surface area contributed by atoms with E-state index in [4.69, 9.17) is 5.73 Å². The molecule has 2 atom stereocenters. The van der Waals surface area contributed by atoms with Crippen LogP contribution in [0, 0.1) is 12.7 Å². The number of nitrogens with two attached hydrogens (primary N) is 1. The number of aliphatic hydroxyl groups is 1. The molecular formula is C26H26F4N4O3. The van der Waals surface area contributed by atoms with Gasteiger partial charge >= 0.3 is 6.18 Å². The van der Waals surface area contributed by atoms with E-state index in [1.165, 1.54) is 36.4 Å². The fourth-order valence-electron chi connectivity index (χ4n) is 3.58. The van der Waals surface area contributed by atoms with E-state index in [-0.39, 0.29) is 19.4 Å². The number of halogens is 4. The highest BCUT2D eigenvalue weighted by Gasteiger charge is 2.30. The minimum Gasteiger partial charge on any atom is -0.384 e. The average molecular weight is 519 g/mol. The number of nitrogens with one attached hydrogen (secondary N) is 2. The second-order valence-corrected chi connectivity index (χ2v) is 8.50. The number of rotatable bonds is 9. The second-order valence-electron chi connectivity index (χ2n) is 8.50. The Hall–Kier alpha value is -3.99. The first-order chi connectivity index (χ1) is 17.4. The summed E-state index contributed by atoms with van der Waals surface area (Å²) in [4.78, 5) is 29.8. The highest BCUT2D eigenvalue weighted by molar-refractivity contribution is 5.89. The van der Waals surface area contributed by atoms with Crippen LogP contribution in [0.5, 0.6) is 0 Å². The number of carbonyl (C=O) groups is 2. The zero-order valence-electron chi connectivity index (χ0n) is 19.8. The van der Waals surface area contributed by atoms with Gasteiger partial charge in [0, 0.05) is 25.1 Å². The number of hydrogen-bond donors (Lipinski definition) is 4. The maximum absolute atomic E-state index is 13.1. The van der Waals surface area contributed by atoms with Gasteiger partial charge in [0.1, 0.15) is 23.8 Å². The van der Waals surface area contributed by atoms with Gasteiger partial charge in [-0.3, -0.25) is 9.59 Å². The molecule has 0 spiro atoms. The zero-order chi connectivity index (χ0) is 27.2. The third-order valence-corrected chi connectivity index (χ3v) is 5.67. The number of benzene rings is 2. The molecule has 0 unspecified atom stereocenters. The Morgan fingerprint density at radius 3 is 2.14 bits per heavy atom. The fraction of sp³-hybridized carbons (Fsp3) is 0.269. The lowest BCUT2D eigenvalue weighted by Crippen LogP contribution is -2.51. The van der Waals surface area contributed by atoms with E-state index < -0.39 is 41.5 Å². The predicted octanol–water partition coefficient (Wildman–Crippen LogP) is 3.08. The number of nitrogen functional groups attached to an aromatic ring is 1. The minimum atomic E-state index is -4.51. The van der Waals surface area contributed by atoms with Crippen LogP contribution in [-0.4, -0.2) is 34.1 Å². The van der Waals surface area contributed by atoms with Crippen LogP contribution in [0.2, 0.25) is 0 Å². The molecule has 0 bridgehead atoms. The first-order valence-electron chi connectivity index (χ1n) is 11.3. The molecule has 0 aliphatic heterocycles. The summed E-state index contributed by atoms with van der Waals surface area (Å²) in [6.07, 6.45) is -6.31. The van der Waals surface area contributed by atoms with Crippen molar-refractivity contribution in [3.05, 3.63) is 94.4 Å². The van der Waals surface area contributed by atoms with Crippen molar-refractivity contribution in [1.82, 2.24) is 15.6 Å². The van der Waals surface area contributed by atoms with Crippen molar-refractivity contribution in [3.63, 3.8) is 0 Å². The number of aromatic nitrogens is 1. The normalized spacial score (nSPS) is 13.0. The average Bonchev–Trinajstić information content (AvgIpc) is 2.84. The number of carbonyl (C=O) groups excluding carboxylic acids is 2. The molecule has 3 rings (SSSR count). The molecule has 37 heavy (non-hydrogen) atoms. The number of amides is 2. The topological polar surface area (TPSA) is 117 Å². The van der Waals surface area contributed by atoms with E-state index in [0.29, 0.717) is 28.2 Å². The molecule has 1 aromatic heterocycles. The maximum atomic E-state index is 13.1. The number of aliphatic hydroxyl groups excluding tert-OH is 1. The molecule has 11 heteroatoms. The van der Waals surface area contributed by atoms with Crippen molar-refractivity contribution in [2.24, 2.45) is 0 Å².